The molecule has 1 aliphatic carbocycles. The topological polar surface area (TPSA) is 35.5 Å². The van der Waals surface area contributed by atoms with Crippen LogP contribution in [0.15, 0.2) is 0 Å². The Morgan fingerprint density at radius 2 is 2.12 bits per heavy atom. The fraction of sp³-hybridized carbons (Fsp3) is 1.00. The van der Waals surface area contributed by atoms with E-state index in [1.165, 1.54) is 38.8 Å². The maximum atomic E-state index is 9.55. The molecule has 0 radical (unpaired) electrons. The molecule has 0 amide bonds. The van der Waals surface area contributed by atoms with Gasteiger partial charge >= 0.3 is 0 Å². The van der Waals surface area contributed by atoms with E-state index in [2.05, 4.69) is 24.1 Å². The zero-order valence-electron chi connectivity index (χ0n) is 11.4. The monoisotopic (exact) mass is 240 g/mol. The number of hydrogen-bond acceptors (Lipinski definition) is 3. The zero-order chi connectivity index (χ0) is 12.3. The molecule has 0 aromatic carbocycles. The number of rotatable bonds is 7. The molecule has 0 aromatic heterocycles. The van der Waals surface area contributed by atoms with Gasteiger partial charge in [0.25, 0.3) is 0 Å². The molecule has 17 heavy (non-hydrogen) atoms. The van der Waals surface area contributed by atoms with Crippen LogP contribution in [-0.2, 0) is 0 Å². The Bertz CT molecular complexity index is 242. The van der Waals surface area contributed by atoms with Crippen molar-refractivity contribution in [2.75, 3.05) is 26.2 Å². The third-order valence-electron chi connectivity index (χ3n) is 4.41. The van der Waals surface area contributed by atoms with Crippen LogP contribution in [0.1, 0.15) is 46.0 Å². The zero-order valence-corrected chi connectivity index (χ0v) is 11.4. The molecular weight excluding hydrogens is 212 g/mol. The van der Waals surface area contributed by atoms with Gasteiger partial charge < -0.3 is 15.3 Å². The highest BCUT2D eigenvalue weighted by atomic mass is 16.3. The Kier molecular flexibility index (Phi) is 4.45. The fourth-order valence-corrected chi connectivity index (χ4v) is 2.77. The number of aliphatic hydroxyl groups is 1. The first kappa shape index (κ1) is 13.3. The molecule has 1 heterocycles. The first-order valence-electron chi connectivity index (χ1n) is 7.26. The van der Waals surface area contributed by atoms with Gasteiger partial charge in [0, 0.05) is 18.1 Å². The van der Waals surface area contributed by atoms with Crippen LogP contribution in [0.2, 0.25) is 0 Å². The normalized spacial score (nSPS) is 29.5. The van der Waals surface area contributed by atoms with Crippen molar-refractivity contribution in [1.29, 1.82) is 0 Å². The molecule has 0 spiro atoms. The molecule has 2 rings (SSSR count). The summed E-state index contributed by atoms with van der Waals surface area (Å²) >= 11 is 0. The number of nitrogens with zero attached hydrogens (tertiary/aromatic N) is 1. The molecule has 2 atom stereocenters. The number of likely N-dealkylation sites (tertiary alicyclic amines) is 1. The van der Waals surface area contributed by atoms with E-state index in [0.717, 1.165) is 18.9 Å². The van der Waals surface area contributed by atoms with Gasteiger partial charge in [-0.15, -0.1) is 0 Å². The van der Waals surface area contributed by atoms with Crippen molar-refractivity contribution in [2.24, 2.45) is 5.92 Å². The summed E-state index contributed by atoms with van der Waals surface area (Å²) in [6, 6.07) is 0.675. The van der Waals surface area contributed by atoms with Crippen LogP contribution in [0.25, 0.3) is 0 Å². The standard InChI is InChI=1S/C14H28N2O/c1-3-12-6-8-16(10-12)9-7-14(2,11-17)15-13-4-5-13/h12-13,15,17H,3-11H2,1-2H3. The highest BCUT2D eigenvalue weighted by Gasteiger charge is 2.32. The van der Waals surface area contributed by atoms with Gasteiger partial charge in [0.1, 0.15) is 0 Å². The summed E-state index contributed by atoms with van der Waals surface area (Å²) in [6.45, 7) is 8.37. The predicted octanol–water partition coefficient (Wildman–Crippen LogP) is 1.61. The lowest BCUT2D eigenvalue weighted by Crippen LogP contribution is -2.48. The van der Waals surface area contributed by atoms with E-state index in [0.29, 0.717) is 6.04 Å². The predicted molar refractivity (Wildman–Crippen MR) is 71.1 cm³/mol. The van der Waals surface area contributed by atoms with Gasteiger partial charge in [-0.1, -0.05) is 13.3 Å². The quantitative estimate of drug-likeness (QED) is 0.710. The van der Waals surface area contributed by atoms with Gasteiger partial charge in [-0.3, -0.25) is 0 Å². The molecule has 2 unspecified atom stereocenters. The summed E-state index contributed by atoms with van der Waals surface area (Å²) in [5.74, 6) is 0.909. The summed E-state index contributed by atoms with van der Waals surface area (Å²) in [5.41, 5.74) is -0.0640. The first-order valence-corrected chi connectivity index (χ1v) is 7.26. The van der Waals surface area contributed by atoms with Crippen LogP contribution in [0, 0.1) is 5.92 Å². The highest BCUT2D eigenvalue weighted by molar-refractivity contribution is 4.93. The maximum absolute atomic E-state index is 9.55. The molecule has 0 bridgehead atoms. The van der Waals surface area contributed by atoms with Crippen LogP contribution in [-0.4, -0.2) is 47.8 Å². The SMILES string of the molecule is CCC1CCN(CCC(C)(CO)NC2CC2)C1. The molecular formula is C14H28N2O. The van der Waals surface area contributed by atoms with Crippen molar-refractivity contribution in [3.8, 4) is 0 Å². The van der Waals surface area contributed by atoms with Gasteiger partial charge in [-0.2, -0.15) is 0 Å². The second-order valence-corrected chi connectivity index (χ2v) is 6.25. The van der Waals surface area contributed by atoms with Gasteiger partial charge in [0.2, 0.25) is 0 Å². The smallest absolute Gasteiger partial charge is 0.0611 e. The number of aliphatic hydroxyl groups excluding tert-OH is 1. The summed E-state index contributed by atoms with van der Waals surface area (Å²) in [7, 11) is 0. The van der Waals surface area contributed by atoms with Gasteiger partial charge in [0.05, 0.1) is 6.61 Å². The number of hydrogen-bond donors (Lipinski definition) is 2. The third kappa shape index (κ3) is 3.94. The van der Waals surface area contributed by atoms with E-state index >= 15 is 0 Å². The van der Waals surface area contributed by atoms with Crippen molar-refractivity contribution in [3.05, 3.63) is 0 Å². The largest absolute Gasteiger partial charge is 0.394 e. The molecule has 1 aliphatic heterocycles. The maximum Gasteiger partial charge on any atom is 0.0611 e. The molecule has 1 saturated heterocycles. The van der Waals surface area contributed by atoms with Crippen molar-refractivity contribution in [2.45, 2.75) is 57.5 Å². The summed E-state index contributed by atoms with van der Waals surface area (Å²) in [4.78, 5) is 2.57. The second kappa shape index (κ2) is 5.68. The van der Waals surface area contributed by atoms with Gasteiger partial charge in [-0.05, 0) is 51.6 Å². The molecule has 100 valence electrons. The summed E-state index contributed by atoms with van der Waals surface area (Å²) in [6.07, 6.45) is 6.32. The van der Waals surface area contributed by atoms with E-state index in [-0.39, 0.29) is 12.1 Å². The minimum atomic E-state index is -0.0640. The Hall–Kier alpha value is -0.120. The van der Waals surface area contributed by atoms with Crippen molar-refractivity contribution < 1.29 is 5.11 Å². The average molecular weight is 240 g/mol. The van der Waals surface area contributed by atoms with Crippen LogP contribution in [0.3, 0.4) is 0 Å². The van der Waals surface area contributed by atoms with Crippen LogP contribution >= 0.6 is 0 Å². The Balaban J connectivity index is 1.71. The fourth-order valence-electron chi connectivity index (χ4n) is 2.77. The molecule has 2 aliphatic rings. The lowest BCUT2D eigenvalue weighted by molar-refractivity contribution is 0.148. The van der Waals surface area contributed by atoms with E-state index in [1.54, 1.807) is 0 Å². The summed E-state index contributed by atoms with van der Waals surface area (Å²) < 4.78 is 0. The first-order chi connectivity index (χ1) is 8.15. The Labute approximate surface area is 106 Å². The molecule has 1 saturated carbocycles. The summed E-state index contributed by atoms with van der Waals surface area (Å²) in [5, 5.41) is 13.1. The minimum absolute atomic E-state index is 0.0640. The van der Waals surface area contributed by atoms with Crippen LogP contribution in [0.5, 0.6) is 0 Å². The number of nitrogens with one attached hydrogen (secondary N) is 1. The van der Waals surface area contributed by atoms with Crippen molar-refractivity contribution in [3.63, 3.8) is 0 Å². The van der Waals surface area contributed by atoms with Crippen LogP contribution < -0.4 is 5.32 Å². The second-order valence-electron chi connectivity index (χ2n) is 6.25. The van der Waals surface area contributed by atoms with Gasteiger partial charge in [-0.25, -0.2) is 0 Å². The van der Waals surface area contributed by atoms with Crippen molar-refractivity contribution in [1.82, 2.24) is 10.2 Å². The van der Waals surface area contributed by atoms with Crippen molar-refractivity contribution >= 4 is 0 Å². The Morgan fingerprint density at radius 3 is 2.65 bits per heavy atom. The van der Waals surface area contributed by atoms with Crippen LogP contribution in [0.4, 0.5) is 0 Å². The molecule has 2 fully saturated rings. The van der Waals surface area contributed by atoms with E-state index in [9.17, 15) is 5.11 Å². The lowest BCUT2D eigenvalue weighted by Gasteiger charge is -2.31. The minimum Gasteiger partial charge on any atom is -0.394 e. The van der Waals surface area contributed by atoms with E-state index < -0.39 is 0 Å². The highest BCUT2D eigenvalue weighted by Crippen LogP contribution is 2.25. The molecule has 3 nitrogen and oxygen atoms in total. The van der Waals surface area contributed by atoms with E-state index in [4.69, 9.17) is 0 Å². The third-order valence-corrected chi connectivity index (χ3v) is 4.41. The molecule has 0 aromatic rings. The molecule has 3 heteroatoms. The Morgan fingerprint density at radius 1 is 1.35 bits per heavy atom. The molecule has 2 N–H and O–H groups in total. The average Bonchev–Trinajstić information content (AvgIpc) is 3.02. The lowest BCUT2D eigenvalue weighted by atomic mass is 9.98. The van der Waals surface area contributed by atoms with E-state index in [1.807, 2.05) is 0 Å². The van der Waals surface area contributed by atoms with Gasteiger partial charge in [0.15, 0.2) is 0 Å².